The van der Waals surface area contributed by atoms with Crippen LogP contribution in [0.25, 0.3) is 0 Å². The molecule has 1 rings (SSSR count). The molecule has 70 valence electrons. The predicted molar refractivity (Wildman–Crippen MR) is 58.5 cm³/mol. The molecular weight excluding hydrogens is 212 g/mol. The third-order valence-electron chi connectivity index (χ3n) is 2.64. The topological polar surface area (TPSA) is 0 Å². The van der Waals surface area contributed by atoms with Crippen LogP contribution in [0.2, 0.25) is 0 Å². The molecule has 1 heteroatoms. The van der Waals surface area contributed by atoms with Crippen LogP contribution in [0.15, 0.2) is 10.6 Å². The Bertz CT molecular complexity index is 143. The molecule has 0 radical (unpaired) electrons. The minimum Gasteiger partial charge on any atom is -0.0741 e. The van der Waals surface area contributed by atoms with Crippen molar-refractivity contribution in [2.75, 3.05) is 0 Å². The molecule has 0 nitrogen and oxygen atoms in total. The van der Waals surface area contributed by atoms with Gasteiger partial charge >= 0.3 is 0 Å². The lowest BCUT2D eigenvalue weighted by molar-refractivity contribution is 0.671. The first kappa shape index (κ1) is 10.3. The summed E-state index contributed by atoms with van der Waals surface area (Å²) in [5.41, 5.74) is 0. The second-order valence-corrected chi connectivity index (χ2v) is 4.63. The summed E-state index contributed by atoms with van der Waals surface area (Å²) in [5.74, 6) is 0.863. The lowest BCUT2D eigenvalue weighted by Gasteiger charge is -2.06. The maximum absolute atomic E-state index is 3.70. The molecule has 1 aliphatic carbocycles. The van der Waals surface area contributed by atoms with E-state index in [1.165, 1.54) is 49.4 Å². The molecule has 0 atom stereocenters. The molecule has 12 heavy (non-hydrogen) atoms. The first-order valence-electron chi connectivity index (χ1n) is 5.20. The monoisotopic (exact) mass is 230 g/mol. The standard InChI is InChI=1S/C11H19Br/c1-2-3-4-9-11(12)10-7-5-6-8-10/h9-10H,2-8H2,1H3/b11-9+. The van der Waals surface area contributed by atoms with E-state index in [2.05, 4.69) is 28.9 Å². The minimum atomic E-state index is 0.863. The Hall–Kier alpha value is 0.220. The summed E-state index contributed by atoms with van der Waals surface area (Å²) in [6.45, 7) is 2.25. The zero-order chi connectivity index (χ0) is 8.81. The number of unbranched alkanes of at least 4 members (excludes halogenated alkanes) is 2. The second kappa shape index (κ2) is 5.80. The summed E-state index contributed by atoms with van der Waals surface area (Å²) < 4.78 is 1.48. The van der Waals surface area contributed by atoms with Gasteiger partial charge < -0.3 is 0 Å². The highest BCUT2D eigenvalue weighted by Crippen LogP contribution is 2.34. The van der Waals surface area contributed by atoms with Crippen LogP contribution in [0, 0.1) is 5.92 Å². The van der Waals surface area contributed by atoms with Crippen molar-refractivity contribution in [2.45, 2.75) is 51.9 Å². The maximum Gasteiger partial charge on any atom is -0.00582 e. The molecule has 0 N–H and O–H groups in total. The van der Waals surface area contributed by atoms with E-state index in [0.717, 1.165) is 5.92 Å². The Kier molecular flexibility index (Phi) is 4.98. The van der Waals surface area contributed by atoms with Crippen LogP contribution in [0.4, 0.5) is 0 Å². The van der Waals surface area contributed by atoms with Gasteiger partial charge in [0.2, 0.25) is 0 Å². The van der Waals surface area contributed by atoms with Crippen molar-refractivity contribution in [3.8, 4) is 0 Å². The predicted octanol–water partition coefficient (Wildman–Crippen LogP) is 4.65. The summed E-state index contributed by atoms with van der Waals surface area (Å²) in [7, 11) is 0. The van der Waals surface area contributed by atoms with E-state index in [4.69, 9.17) is 0 Å². The minimum absolute atomic E-state index is 0.863. The first-order chi connectivity index (χ1) is 5.84. The van der Waals surface area contributed by atoms with E-state index in [0.29, 0.717) is 0 Å². The summed E-state index contributed by atoms with van der Waals surface area (Å²) in [5, 5.41) is 0. The zero-order valence-corrected chi connectivity index (χ0v) is 9.57. The van der Waals surface area contributed by atoms with Gasteiger partial charge in [0.05, 0.1) is 0 Å². The molecule has 0 amide bonds. The van der Waals surface area contributed by atoms with E-state index in [1.54, 1.807) is 0 Å². The van der Waals surface area contributed by atoms with Crippen molar-refractivity contribution in [3.63, 3.8) is 0 Å². The molecule has 0 bridgehead atoms. The van der Waals surface area contributed by atoms with Crippen LogP contribution in [0.1, 0.15) is 51.9 Å². The average molecular weight is 231 g/mol. The SMILES string of the molecule is CCCC/C=C(/Br)C1CCCC1. The maximum atomic E-state index is 3.70. The number of allylic oxidation sites excluding steroid dienone is 2. The smallest absolute Gasteiger partial charge is 0.00582 e. The molecule has 0 unspecified atom stereocenters. The Morgan fingerprint density at radius 2 is 2.08 bits per heavy atom. The van der Waals surface area contributed by atoms with Gasteiger partial charge in [-0.05, 0) is 29.7 Å². The van der Waals surface area contributed by atoms with Gasteiger partial charge in [-0.25, -0.2) is 0 Å². The van der Waals surface area contributed by atoms with Crippen molar-refractivity contribution in [2.24, 2.45) is 5.92 Å². The fraction of sp³-hybridized carbons (Fsp3) is 0.818. The Morgan fingerprint density at radius 3 is 2.67 bits per heavy atom. The zero-order valence-electron chi connectivity index (χ0n) is 7.98. The van der Waals surface area contributed by atoms with Gasteiger partial charge in [0.25, 0.3) is 0 Å². The van der Waals surface area contributed by atoms with Crippen LogP contribution in [0.5, 0.6) is 0 Å². The van der Waals surface area contributed by atoms with Crippen molar-refractivity contribution in [1.82, 2.24) is 0 Å². The molecule has 0 saturated heterocycles. The molecule has 0 aromatic heterocycles. The van der Waals surface area contributed by atoms with E-state index >= 15 is 0 Å². The molecule has 1 aliphatic rings. The van der Waals surface area contributed by atoms with E-state index in [9.17, 15) is 0 Å². The van der Waals surface area contributed by atoms with Crippen molar-refractivity contribution in [1.29, 1.82) is 0 Å². The average Bonchev–Trinajstić information content (AvgIpc) is 2.56. The van der Waals surface area contributed by atoms with Gasteiger partial charge in [0, 0.05) is 0 Å². The number of hydrogen-bond acceptors (Lipinski definition) is 0. The molecular formula is C11H19Br. The van der Waals surface area contributed by atoms with Crippen molar-refractivity contribution in [3.05, 3.63) is 10.6 Å². The molecule has 1 fully saturated rings. The summed E-state index contributed by atoms with van der Waals surface area (Å²) in [6, 6.07) is 0. The molecule has 0 spiro atoms. The molecule has 1 saturated carbocycles. The van der Waals surface area contributed by atoms with Gasteiger partial charge in [-0.2, -0.15) is 0 Å². The highest BCUT2D eigenvalue weighted by molar-refractivity contribution is 9.11. The van der Waals surface area contributed by atoms with Crippen LogP contribution < -0.4 is 0 Å². The largest absolute Gasteiger partial charge is 0.0741 e. The summed E-state index contributed by atoms with van der Waals surface area (Å²) >= 11 is 3.70. The fourth-order valence-corrected chi connectivity index (χ4v) is 2.50. The summed E-state index contributed by atoms with van der Waals surface area (Å²) in [6.07, 6.45) is 12.0. The van der Waals surface area contributed by atoms with Crippen LogP contribution in [-0.2, 0) is 0 Å². The Balaban J connectivity index is 2.24. The van der Waals surface area contributed by atoms with Crippen LogP contribution >= 0.6 is 15.9 Å². The number of halogens is 1. The number of hydrogen-bond donors (Lipinski definition) is 0. The van der Waals surface area contributed by atoms with Gasteiger partial charge in [-0.15, -0.1) is 0 Å². The molecule has 0 aliphatic heterocycles. The lowest BCUT2D eigenvalue weighted by Crippen LogP contribution is -1.91. The highest BCUT2D eigenvalue weighted by Gasteiger charge is 2.16. The second-order valence-electron chi connectivity index (χ2n) is 3.71. The normalized spacial score (nSPS) is 20.3. The van der Waals surface area contributed by atoms with E-state index < -0.39 is 0 Å². The number of rotatable bonds is 4. The molecule has 0 aromatic carbocycles. The van der Waals surface area contributed by atoms with E-state index in [1.807, 2.05) is 0 Å². The van der Waals surface area contributed by atoms with Crippen molar-refractivity contribution < 1.29 is 0 Å². The third kappa shape index (κ3) is 3.30. The van der Waals surface area contributed by atoms with Crippen LogP contribution in [0.3, 0.4) is 0 Å². The Morgan fingerprint density at radius 1 is 1.42 bits per heavy atom. The van der Waals surface area contributed by atoms with Crippen molar-refractivity contribution >= 4 is 15.9 Å². The van der Waals surface area contributed by atoms with E-state index in [-0.39, 0.29) is 0 Å². The van der Waals surface area contributed by atoms with Gasteiger partial charge in [-0.1, -0.05) is 54.6 Å². The molecule has 0 heterocycles. The quantitative estimate of drug-likeness (QED) is 0.618. The van der Waals surface area contributed by atoms with Gasteiger partial charge in [-0.3, -0.25) is 0 Å². The molecule has 0 aromatic rings. The third-order valence-corrected chi connectivity index (χ3v) is 3.61. The summed E-state index contributed by atoms with van der Waals surface area (Å²) in [4.78, 5) is 0. The van der Waals surface area contributed by atoms with Crippen LogP contribution in [-0.4, -0.2) is 0 Å². The lowest BCUT2D eigenvalue weighted by atomic mass is 10.1. The first-order valence-corrected chi connectivity index (χ1v) is 5.99. The Labute approximate surface area is 84.6 Å². The van der Waals surface area contributed by atoms with Gasteiger partial charge in [0.15, 0.2) is 0 Å². The fourth-order valence-electron chi connectivity index (χ4n) is 1.81. The highest BCUT2D eigenvalue weighted by atomic mass is 79.9. The van der Waals surface area contributed by atoms with Gasteiger partial charge in [0.1, 0.15) is 0 Å².